The van der Waals surface area contributed by atoms with Gasteiger partial charge in [-0.15, -0.1) is 0 Å². The minimum Gasteiger partial charge on any atom is -0.489 e. The van der Waals surface area contributed by atoms with Crippen LogP contribution in [-0.4, -0.2) is 18.5 Å². The van der Waals surface area contributed by atoms with E-state index in [0.29, 0.717) is 6.61 Å². The Hall–Kier alpha value is -1.51. The molecule has 1 aliphatic rings. The molecule has 0 unspecified atom stereocenters. The molecule has 0 N–H and O–H groups in total. The summed E-state index contributed by atoms with van der Waals surface area (Å²) >= 11 is 5.90. The summed E-state index contributed by atoms with van der Waals surface area (Å²) in [6.45, 7) is 2.75. The summed E-state index contributed by atoms with van der Waals surface area (Å²) in [7, 11) is 2.21. The highest BCUT2D eigenvalue weighted by atomic mass is 35.5. The molecular weight excluding hydrogens is 306 g/mol. The molecule has 3 heteroatoms. The summed E-state index contributed by atoms with van der Waals surface area (Å²) in [6.07, 6.45) is 4.20. The van der Waals surface area contributed by atoms with Crippen LogP contribution in [-0.2, 0) is 13.2 Å². The third-order valence-corrected chi connectivity index (χ3v) is 4.72. The van der Waals surface area contributed by atoms with Crippen LogP contribution in [0.2, 0.25) is 5.02 Å². The Morgan fingerprint density at radius 2 is 1.87 bits per heavy atom. The van der Waals surface area contributed by atoms with Crippen LogP contribution in [0.25, 0.3) is 0 Å². The number of ether oxygens (including phenoxy) is 1. The van der Waals surface area contributed by atoms with E-state index in [-0.39, 0.29) is 0 Å². The van der Waals surface area contributed by atoms with Crippen molar-refractivity contribution in [3.05, 3.63) is 64.7 Å². The molecule has 0 radical (unpaired) electrons. The summed E-state index contributed by atoms with van der Waals surface area (Å²) in [5.41, 5.74) is 2.43. The van der Waals surface area contributed by atoms with Crippen molar-refractivity contribution in [2.75, 3.05) is 13.6 Å². The van der Waals surface area contributed by atoms with E-state index >= 15 is 0 Å². The Kier molecular flexibility index (Phi) is 5.58. The van der Waals surface area contributed by atoms with Crippen molar-refractivity contribution in [2.24, 2.45) is 5.92 Å². The van der Waals surface area contributed by atoms with Gasteiger partial charge in [0.15, 0.2) is 0 Å². The maximum absolute atomic E-state index is 5.91. The highest BCUT2D eigenvalue weighted by Gasteiger charge is 2.18. The van der Waals surface area contributed by atoms with Gasteiger partial charge in [-0.1, -0.05) is 42.3 Å². The standard InChI is InChI=1S/C20H24ClNO/c1-22(13-16-4-2-5-16)14-18-6-3-7-20(12-18)23-15-17-8-10-19(21)11-9-17/h3,6-12,16H,2,4-5,13-15H2,1H3. The van der Waals surface area contributed by atoms with E-state index in [1.54, 1.807) is 0 Å². The molecule has 1 aliphatic carbocycles. The van der Waals surface area contributed by atoms with E-state index in [9.17, 15) is 0 Å². The average molecular weight is 330 g/mol. The van der Waals surface area contributed by atoms with Gasteiger partial charge in [0.1, 0.15) is 12.4 Å². The van der Waals surface area contributed by atoms with E-state index in [1.165, 1.54) is 31.4 Å². The Bertz CT molecular complexity index is 622. The van der Waals surface area contributed by atoms with Gasteiger partial charge in [0.25, 0.3) is 0 Å². The van der Waals surface area contributed by atoms with Gasteiger partial charge in [0, 0.05) is 18.1 Å². The fourth-order valence-electron chi connectivity index (χ4n) is 2.97. The summed E-state index contributed by atoms with van der Waals surface area (Å²) < 4.78 is 5.91. The van der Waals surface area contributed by atoms with Gasteiger partial charge in [0.2, 0.25) is 0 Å². The molecule has 2 aromatic rings. The first-order valence-electron chi connectivity index (χ1n) is 8.34. The quantitative estimate of drug-likeness (QED) is 0.696. The van der Waals surface area contributed by atoms with Crippen LogP contribution in [0.5, 0.6) is 5.75 Å². The first-order chi connectivity index (χ1) is 11.2. The topological polar surface area (TPSA) is 12.5 Å². The number of benzene rings is 2. The first kappa shape index (κ1) is 16.4. The van der Waals surface area contributed by atoms with Gasteiger partial charge < -0.3 is 9.64 Å². The largest absolute Gasteiger partial charge is 0.489 e. The third-order valence-electron chi connectivity index (χ3n) is 4.46. The molecule has 2 nitrogen and oxygen atoms in total. The molecule has 1 fully saturated rings. The fraction of sp³-hybridized carbons (Fsp3) is 0.400. The molecule has 3 rings (SSSR count). The van der Waals surface area contributed by atoms with E-state index in [4.69, 9.17) is 16.3 Å². The zero-order valence-corrected chi connectivity index (χ0v) is 14.4. The number of rotatable bonds is 7. The zero-order valence-electron chi connectivity index (χ0n) is 13.7. The molecule has 0 saturated heterocycles. The van der Waals surface area contributed by atoms with Gasteiger partial charge in [-0.25, -0.2) is 0 Å². The van der Waals surface area contributed by atoms with Gasteiger partial charge in [-0.05, 0) is 61.2 Å². The number of halogens is 1. The molecule has 0 atom stereocenters. The summed E-state index contributed by atoms with van der Waals surface area (Å²) in [4.78, 5) is 2.42. The van der Waals surface area contributed by atoms with Crippen molar-refractivity contribution in [3.8, 4) is 5.75 Å². The summed E-state index contributed by atoms with van der Waals surface area (Å²) in [5.74, 6) is 1.83. The Labute approximate surface area is 144 Å². The third kappa shape index (κ3) is 4.98. The minimum atomic E-state index is 0.568. The van der Waals surface area contributed by atoms with E-state index < -0.39 is 0 Å². The van der Waals surface area contributed by atoms with Gasteiger partial charge in [-0.2, -0.15) is 0 Å². The molecule has 0 amide bonds. The Morgan fingerprint density at radius 3 is 2.57 bits per heavy atom. The van der Waals surface area contributed by atoms with Crippen LogP contribution in [0.15, 0.2) is 48.5 Å². The SMILES string of the molecule is CN(Cc1cccc(OCc2ccc(Cl)cc2)c1)CC1CCC1. The molecule has 0 spiro atoms. The van der Waals surface area contributed by atoms with Crippen molar-refractivity contribution in [1.29, 1.82) is 0 Å². The first-order valence-corrected chi connectivity index (χ1v) is 8.71. The Morgan fingerprint density at radius 1 is 1.09 bits per heavy atom. The fourth-order valence-corrected chi connectivity index (χ4v) is 3.10. The van der Waals surface area contributed by atoms with Crippen molar-refractivity contribution in [3.63, 3.8) is 0 Å². The normalized spacial score (nSPS) is 14.7. The van der Waals surface area contributed by atoms with Crippen LogP contribution < -0.4 is 4.74 Å². The van der Waals surface area contributed by atoms with Crippen LogP contribution in [0.4, 0.5) is 0 Å². The van der Waals surface area contributed by atoms with Crippen LogP contribution >= 0.6 is 11.6 Å². The molecule has 0 aliphatic heterocycles. The van der Waals surface area contributed by atoms with E-state index in [2.05, 4.69) is 30.1 Å². The summed E-state index contributed by atoms with van der Waals surface area (Å²) in [6, 6.07) is 16.2. The predicted octanol–water partition coefficient (Wildman–Crippen LogP) is 5.15. The zero-order chi connectivity index (χ0) is 16.1. The molecule has 0 aromatic heterocycles. The monoisotopic (exact) mass is 329 g/mol. The smallest absolute Gasteiger partial charge is 0.120 e. The lowest BCUT2D eigenvalue weighted by molar-refractivity contribution is 0.200. The number of nitrogens with zero attached hydrogens (tertiary/aromatic N) is 1. The second-order valence-electron chi connectivity index (χ2n) is 6.56. The van der Waals surface area contributed by atoms with E-state index in [0.717, 1.165) is 28.8 Å². The number of hydrogen-bond acceptors (Lipinski definition) is 2. The molecule has 2 aromatic carbocycles. The van der Waals surface area contributed by atoms with Gasteiger partial charge in [-0.3, -0.25) is 0 Å². The predicted molar refractivity (Wildman–Crippen MR) is 95.9 cm³/mol. The van der Waals surface area contributed by atoms with Crippen molar-refractivity contribution >= 4 is 11.6 Å². The molecule has 1 saturated carbocycles. The lowest BCUT2D eigenvalue weighted by Crippen LogP contribution is -2.29. The molecular formula is C20H24ClNO. The van der Waals surface area contributed by atoms with Crippen molar-refractivity contribution < 1.29 is 4.74 Å². The average Bonchev–Trinajstić information content (AvgIpc) is 2.51. The molecule has 0 bridgehead atoms. The highest BCUT2D eigenvalue weighted by molar-refractivity contribution is 6.30. The Balaban J connectivity index is 1.52. The number of hydrogen-bond donors (Lipinski definition) is 0. The molecule has 122 valence electrons. The maximum atomic E-state index is 5.91. The van der Waals surface area contributed by atoms with Gasteiger partial charge >= 0.3 is 0 Å². The lowest BCUT2D eigenvalue weighted by Gasteiger charge is -2.30. The van der Waals surface area contributed by atoms with Crippen molar-refractivity contribution in [1.82, 2.24) is 4.90 Å². The van der Waals surface area contributed by atoms with Gasteiger partial charge in [0.05, 0.1) is 0 Å². The van der Waals surface area contributed by atoms with Crippen LogP contribution in [0.1, 0.15) is 30.4 Å². The second-order valence-corrected chi connectivity index (χ2v) is 6.99. The minimum absolute atomic E-state index is 0.568. The maximum Gasteiger partial charge on any atom is 0.120 e. The second kappa shape index (κ2) is 7.85. The summed E-state index contributed by atoms with van der Waals surface area (Å²) in [5, 5.41) is 0.755. The van der Waals surface area contributed by atoms with Crippen LogP contribution in [0, 0.1) is 5.92 Å². The molecule has 23 heavy (non-hydrogen) atoms. The highest BCUT2D eigenvalue weighted by Crippen LogP contribution is 2.27. The van der Waals surface area contributed by atoms with Crippen molar-refractivity contribution in [2.45, 2.75) is 32.4 Å². The lowest BCUT2D eigenvalue weighted by atomic mass is 9.85. The van der Waals surface area contributed by atoms with E-state index in [1.807, 2.05) is 30.3 Å². The molecule has 0 heterocycles. The van der Waals surface area contributed by atoms with Crippen LogP contribution in [0.3, 0.4) is 0 Å².